The molecule has 2 aromatic carbocycles. The molecular formula is C23H21ClN4O2. The van der Waals surface area contributed by atoms with Crippen LogP contribution in [0.25, 0.3) is 22.0 Å². The fourth-order valence-corrected chi connectivity index (χ4v) is 4.17. The first-order valence-electron chi connectivity index (χ1n) is 9.88. The Kier molecular flexibility index (Phi) is 4.71. The van der Waals surface area contributed by atoms with Gasteiger partial charge in [-0.25, -0.2) is 0 Å². The summed E-state index contributed by atoms with van der Waals surface area (Å²) in [6, 6.07) is 14.1. The zero-order chi connectivity index (χ0) is 20.7. The van der Waals surface area contributed by atoms with Gasteiger partial charge in [0.2, 0.25) is 5.91 Å². The standard InChI is InChI=1S/C23H21ClN4O2/c1-14-5-7-28(27-14)13-22(29)26-12-19-10-17-9-18(24)11-20(23(17)30-19)15-2-3-21-16(8-15)4-6-25-21/h2-9,11,19,25H,10,12-13H2,1H3,(H,26,29). The first-order valence-corrected chi connectivity index (χ1v) is 10.3. The van der Waals surface area contributed by atoms with Crippen molar-refractivity contribution in [1.82, 2.24) is 20.1 Å². The summed E-state index contributed by atoms with van der Waals surface area (Å²) < 4.78 is 7.87. The van der Waals surface area contributed by atoms with E-state index in [2.05, 4.69) is 33.6 Å². The number of aromatic amines is 1. The number of aryl methyl sites for hydroxylation is 1. The fourth-order valence-electron chi connectivity index (χ4n) is 3.93. The van der Waals surface area contributed by atoms with Crippen molar-refractivity contribution < 1.29 is 9.53 Å². The van der Waals surface area contributed by atoms with Gasteiger partial charge in [-0.2, -0.15) is 5.10 Å². The molecule has 0 spiro atoms. The van der Waals surface area contributed by atoms with Gasteiger partial charge in [0.1, 0.15) is 18.4 Å². The summed E-state index contributed by atoms with van der Waals surface area (Å²) in [7, 11) is 0. The van der Waals surface area contributed by atoms with E-state index in [9.17, 15) is 4.79 Å². The summed E-state index contributed by atoms with van der Waals surface area (Å²) in [5, 5.41) is 9.01. The van der Waals surface area contributed by atoms with Gasteiger partial charge in [0.25, 0.3) is 0 Å². The number of fused-ring (bicyclic) bond motifs is 2. The third-order valence-corrected chi connectivity index (χ3v) is 5.55. The highest BCUT2D eigenvalue weighted by Gasteiger charge is 2.27. The van der Waals surface area contributed by atoms with Crippen LogP contribution < -0.4 is 10.1 Å². The SMILES string of the molecule is Cc1ccn(CC(=O)NCC2Cc3cc(Cl)cc(-c4ccc5[nH]ccc5c4)c3O2)n1. The lowest BCUT2D eigenvalue weighted by molar-refractivity contribution is -0.122. The highest BCUT2D eigenvalue weighted by molar-refractivity contribution is 6.31. The number of H-pyrrole nitrogens is 1. The lowest BCUT2D eigenvalue weighted by Gasteiger charge is -2.14. The molecule has 2 N–H and O–H groups in total. The second kappa shape index (κ2) is 7.54. The van der Waals surface area contributed by atoms with Crippen molar-refractivity contribution in [1.29, 1.82) is 0 Å². The van der Waals surface area contributed by atoms with Crippen molar-refractivity contribution in [3.63, 3.8) is 0 Å². The highest BCUT2D eigenvalue weighted by Crippen LogP contribution is 2.41. The summed E-state index contributed by atoms with van der Waals surface area (Å²) in [5.74, 6) is 0.755. The van der Waals surface area contributed by atoms with Crippen LogP contribution in [0.15, 0.2) is 54.9 Å². The number of nitrogens with zero attached hydrogens (tertiary/aromatic N) is 2. The molecule has 0 saturated carbocycles. The molecule has 1 aliphatic heterocycles. The molecule has 1 atom stereocenters. The Hall–Kier alpha value is -3.25. The van der Waals surface area contributed by atoms with Gasteiger partial charge >= 0.3 is 0 Å². The number of carbonyl (C=O) groups excluding carboxylic acids is 1. The molecule has 0 saturated heterocycles. The zero-order valence-corrected chi connectivity index (χ0v) is 17.2. The third kappa shape index (κ3) is 3.66. The molecule has 1 unspecified atom stereocenters. The van der Waals surface area contributed by atoms with Crippen molar-refractivity contribution in [3.8, 4) is 16.9 Å². The summed E-state index contributed by atoms with van der Waals surface area (Å²) in [5.41, 5.74) is 5.07. The number of ether oxygens (including phenoxy) is 1. The molecule has 30 heavy (non-hydrogen) atoms. The van der Waals surface area contributed by atoms with Gasteiger partial charge in [-0.1, -0.05) is 17.7 Å². The van der Waals surface area contributed by atoms with E-state index < -0.39 is 0 Å². The second-order valence-electron chi connectivity index (χ2n) is 7.62. The van der Waals surface area contributed by atoms with Crippen LogP contribution in [0.3, 0.4) is 0 Å². The number of carbonyl (C=O) groups is 1. The maximum absolute atomic E-state index is 12.2. The summed E-state index contributed by atoms with van der Waals surface area (Å²) >= 11 is 6.40. The topological polar surface area (TPSA) is 71.9 Å². The van der Waals surface area contributed by atoms with Crippen LogP contribution >= 0.6 is 11.6 Å². The lowest BCUT2D eigenvalue weighted by atomic mass is 9.99. The first kappa shape index (κ1) is 18.8. The summed E-state index contributed by atoms with van der Waals surface area (Å²) in [6.07, 6.45) is 4.30. The van der Waals surface area contributed by atoms with E-state index in [1.165, 1.54) is 0 Å². The number of amides is 1. The number of halogens is 1. The maximum Gasteiger partial charge on any atom is 0.241 e. The first-order chi connectivity index (χ1) is 14.5. The predicted octanol–water partition coefficient (Wildman–Crippen LogP) is 4.11. The molecular weight excluding hydrogens is 400 g/mol. The van der Waals surface area contributed by atoms with E-state index in [0.717, 1.165) is 39.0 Å². The van der Waals surface area contributed by atoms with Crippen LogP contribution in [0, 0.1) is 6.92 Å². The van der Waals surface area contributed by atoms with E-state index in [-0.39, 0.29) is 18.6 Å². The molecule has 2 aromatic heterocycles. The van der Waals surface area contributed by atoms with Crippen LogP contribution in [0.2, 0.25) is 5.02 Å². The Morgan fingerprint density at radius 2 is 2.20 bits per heavy atom. The van der Waals surface area contributed by atoms with Gasteiger partial charge in [-0.15, -0.1) is 0 Å². The Labute approximate surface area is 178 Å². The lowest BCUT2D eigenvalue weighted by Crippen LogP contribution is -2.36. The van der Waals surface area contributed by atoms with Crippen LogP contribution in [-0.2, 0) is 17.8 Å². The average Bonchev–Trinajstić information content (AvgIpc) is 3.44. The van der Waals surface area contributed by atoms with Crippen molar-refractivity contribution >= 4 is 28.4 Å². The van der Waals surface area contributed by atoms with Crippen molar-refractivity contribution in [2.75, 3.05) is 6.54 Å². The molecule has 5 rings (SSSR count). The molecule has 4 aromatic rings. The van der Waals surface area contributed by atoms with Gasteiger partial charge in [0, 0.05) is 40.5 Å². The quantitative estimate of drug-likeness (QED) is 0.510. The maximum atomic E-state index is 12.2. The van der Waals surface area contributed by atoms with Crippen LogP contribution in [0.4, 0.5) is 0 Å². The Morgan fingerprint density at radius 3 is 3.03 bits per heavy atom. The molecule has 0 aliphatic carbocycles. The number of aromatic nitrogens is 3. The number of benzene rings is 2. The van der Waals surface area contributed by atoms with Gasteiger partial charge in [0.05, 0.1) is 12.2 Å². The van der Waals surface area contributed by atoms with Crippen molar-refractivity contribution in [2.45, 2.75) is 26.0 Å². The Balaban J connectivity index is 1.31. The van der Waals surface area contributed by atoms with E-state index in [1.54, 1.807) is 10.9 Å². The second-order valence-corrected chi connectivity index (χ2v) is 8.06. The molecule has 0 bridgehead atoms. The average molecular weight is 421 g/mol. The number of hydrogen-bond acceptors (Lipinski definition) is 3. The molecule has 3 heterocycles. The fraction of sp³-hybridized carbons (Fsp3) is 0.217. The highest BCUT2D eigenvalue weighted by atomic mass is 35.5. The molecule has 0 fully saturated rings. The summed E-state index contributed by atoms with van der Waals surface area (Å²) in [6.45, 7) is 2.53. The normalized spacial score (nSPS) is 15.2. The van der Waals surface area contributed by atoms with Crippen LogP contribution in [0.5, 0.6) is 5.75 Å². The predicted molar refractivity (Wildman–Crippen MR) is 117 cm³/mol. The van der Waals surface area contributed by atoms with Crippen LogP contribution in [-0.4, -0.2) is 33.3 Å². The van der Waals surface area contributed by atoms with Gasteiger partial charge < -0.3 is 15.0 Å². The van der Waals surface area contributed by atoms with E-state index in [1.807, 2.05) is 37.4 Å². The van der Waals surface area contributed by atoms with Crippen molar-refractivity contribution in [2.24, 2.45) is 0 Å². The van der Waals surface area contributed by atoms with Gasteiger partial charge in [0.15, 0.2) is 0 Å². The largest absolute Gasteiger partial charge is 0.487 e. The number of rotatable bonds is 5. The van der Waals surface area contributed by atoms with Gasteiger partial charge in [-0.3, -0.25) is 9.48 Å². The smallest absolute Gasteiger partial charge is 0.241 e. The molecule has 1 amide bonds. The molecule has 152 valence electrons. The Bertz CT molecular complexity index is 1240. The van der Waals surface area contributed by atoms with Crippen LogP contribution in [0.1, 0.15) is 11.3 Å². The summed E-state index contributed by atoms with van der Waals surface area (Å²) in [4.78, 5) is 15.5. The molecule has 7 heteroatoms. The molecule has 0 radical (unpaired) electrons. The van der Waals surface area contributed by atoms with Crippen molar-refractivity contribution in [3.05, 3.63) is 71.1 Å². The molecule has 1 aliphatic rings. The third-order valence-electron chi connectivity index (χ3n) is 5.33. The van der Waals surface area contributed by atoms with E-state index in [0.29, 0.717) is 18.0 Å². The Morgan fingerprint density at radius 1 is 1.30 bits per heavy atom. The number of nitrogens with one attached hydrogen (secondary N) is 2. The minimum Gasteiger partial charge on any atom is -0.487 e. The molecule has 6 nitrogen and oxygen atoms in total. The number of hydrogen-bond donors (Lipinski definition) is 2. The van der Waals surface area contributed by atoms with Gasteiger partial charge in [-0.05, 0) is 54.3 Å². The zero-order valence-electron chi connectivity index (χ0n) is 16.5. The minimum absolute atomic E-state index is 0.0891. The van der Waals surface area contributed by atoms with E-state index >= 15 is 0 Å². The monoisotopic (exact) mass is 420 g/mol. The minimum atomic E-state index is -0.128. The van der Waals surface area contributed by atoms with E-state index in [4.69, 9.17) is 16.3 Å².